The van der Waals surface area contributed by atoms with Crippen molar-refractivity contribution in [3.8, 4) is 22.8 Å². The molecule has 1 aliphatic heterocycles. The molecule has 5 rings (SSSR count). The summed E-state index contributed by atoms with van der Waals surface area (Å²) in [5, 5.41) is 2.52. The highest BCUT2D eigenvalue weighted by Crippen LogP contribution is 2.50. The first kappa shape index (κ1) is 16.4. The second-order valence-corrected chi connectivity index (χ2v) is 8.25. The molecule has 0 atom stereocenters. The Morgan fingerprint density at radius 3 is 2.63 bits per heavy atom. The molecular weight excluding hydrogens is 334 g/mol. The average Bonchev–Trinajstić information content (AvgIpc) is 3.10. The number of hydrogen-bond acceptors (Lipinski definition) is 1. The van der Waals surface area contributed by atoms with E-state index in [1.54, 1.807) is 0 Å². The Kier molecular flexibility index (Phi) is 3.27. The minimum atomic E-state index is 0.558. The summed E-state index contributed by atoms with van der Waals surface area (Å²) in [4.78, 5) is 0. The van der Waals surface area contributed by atoms with Gasteiger partial charge in [0.15, 0.2) is 5.75 Å². The van der Waals surface area contributed by atoms with Gasteiger partial charge in [-0.3, -0.25) is 0 Å². The van der Waals surface area contributed by atoms with Crippen LogP contribution < -0.4 is 9.30 Å². The molecule has 0 fully saturated rings. The highest BCUT2D eigenvalue weighted by atomic mass is 16.5. The monoisotopic (exact) mass is 360 g/mol. The molecule has 27 heavy (non-hydrogen) atoms. The standard InChI is InChI=1S/C23H26N3O/c1-13(2)11-16-15-9-7-8-10-17(15)26(6)21-19-14(3)25(5)23-20(19)18(12-24(23)4)27-22(16)21/h7-10,12-13H,11H2,1-6H3/q+1. The van der Waals surface area contributed by atoms with E-state index in [4.69, 9.17) is 4.74 Å². The van der Waals surface area contributed by atoms with E-state index in [0.29, 0.717) is 5.92 Å². The smallest absolute Gasteiger partial charge is 0.258 e. The maximum absolute atomic E-state index is 6.60. The van der Waals surface area contributed by atoms with Crippen LogP contribution in [0.5, 0.6) is 11.5 Å². The van der Waals surface area contributed by atoms with Crippen LogP contribution in [-0.4, -0.2) is 9.13 Å². The van der Waals surface area contributed by atoms with E-state index in [2.05, 4.69) is 86.1 Å². The minimum Gasteiger partial charge on any atom is -0.448 e. The second-order valence-electron chi connectivity index (χ2n) is 8.25. The Morgan fingerprint density at radius 1 is 1.15 bits per heavy atom. The number of para-hydroxylation sites is 1. The van der Waals surface area contributed by atoms with Crippen molar-refractivity contribution in [2.75, 3.05) is 0 Å². The van der Waals surface area contributed by atoms with Gasteiger partial charge in [-0.1, -0.05) is 26.0 Å². The Labute approximate surface area is 159 Å². The molecule has 4 heteroatoms. The molecule has 0 unspecified atom stereocenters. The first-order valence-electron chi connectivity index (χ1n) is 9.66. The van der Waals surface area contributed by atoms with Crippen molar-refractivity contribution < 1.29 is 9.30 Å². The normalized spacial score (nSPS) is 12.9. The largest absolute Gasteiger partial charge is 0.448 e. The van der Waals surface area contributed by atoms with Crippen LogP contribution in [0.15, 0.2) is 30.5 Å². The van der Waals surface area contributed by atoms with Gasteiger partial charge in [0.1, 0.15) is 12.7 Å². The summed E-state index contributed by atoms with van der Waals surface area (Å²) < 4.78 is 13.4. The Morgan fingerprint density at radius 2 is 1.89 bits per heavy atom. The fraction of sp³-hybridized carbons (Fsp3) is 0.348. The van der Waals surface area contributed by atoms with Gasteiger partial charge in [0.25, 0.3) is 5.69 Å². The summed E-state index contributed by atoms with van der Waals surface area (Å²) in [6.45, 7) is 6.76. The summed E-state index contributed by atoms with van der Waals surface area (Å²) in [6, 6.07) is 8.69. The Bertz CT molecular complexity index is 1240. The van der Waals surface area contributed by atoms with Gasteiger partial charge in [-0.2, -0.15) is 4.57 Å². The Balaban J connectivity index is 1.99. The predicted molar refractivity (Wildman–Crippen MR) is 109 cm³/mol. The molecule has 0 N–H and O–H groups in total. The summed E-state index contributed by atoms with van der Waals surface area (Å²) in [5.74, 6) is 2.56. The second kappa shape index (κ2) is 5.38. The van der Waals surface area contributed by atoms with E-state index in [9.17, 15) is 0 Å². The van der Waals surface area contributed by atoms with Crippen molar-refractivity contribution in [3.63, 3.8) is 0 Å². The van der Waals surface area contributed by atoms with Crippen LogP contribution in [-0.2, 0) is 27.6 Å². The lowest BCUT2D eigenvalue weighted by atomic mass is 9.93. The van der Waals surface area contributed by atoms with Crippen LogP contribution in [0.25, 0.3) is 33.2 Å². The number of aromatic nitrogens is 3. The van der Waals surface area contributed by atoms with Gasteiger partial charge < -0.3 is 13.9 Å². The molecule has 4 aromatic rings. The van der Waals surface area contributed by atoms with Gasteiger partial charge in [-0.05, 0) is 25.3 Å². The van der Waals surface area contributed by atoms with E-state index < -0.39 is 0 Å². The highest BCUT2D eigenvalue weighted by molar-refractivity contribution is 6.04. The van der Waals surface area contributed by atoms with Crippen molar-refractivity contribution in [2.45, 2.75) is 27.2 Å². The lowest BCUT2D eigenvalue weighted by molar-refractivity contribution is -0.633. The first-order valence-corrected chi connectivity index (χ1v) is 9.66. The minimum absolute atomic E-state index is 0.558. The van der Waals surface area contributed by atoms with Crippen molar-refractivity contribution in [1.82, 2.24) is 9.13 Å². The number of fused-ring (bicyclic) bond motifs is 3. The number of aryl methyl sites for hydroxylation is 3. The summed E-state index contributed by atoms with van der Waals surface area (Å²) >= 11 is 0. The van der Waals surface area contributed by atoms with Gasteiger partial charge in [0.2, 0.25) is 11.3 Å². The number of ether oxygens (including phenoxy) is 1. The van der Waals surface area contributed by atoms with Crippen LogP contribution in [0, 0.1) is 12.8 Å². The molecule has 4 nitrogen and oxygen atoms in total. The molecule has 4 heterocycles. The molecule has 0 aliphatic carbocycles. The maximum atomic E-state index is 6.60. The lowest BCUT2D eigenvalue weighted by Gasteiger charge is -2.20. The molecule has 0 radical (unpaired) electrons. The zero-order valence-electron chi connectivity index (χ0n) is 16.9. The van der Waals surface area contributed by atoms with Crippen LogP contribution in [0.4, 0.5) is 0 Å². The van der Waals surface area contributed by atoms with Gasteiger partial charge in [0, 0.05) is 37.6 Å². The number of rotatable bonds is 2. The predicted octanol–water partition coefficient (Wildman–Crippen LogP) is 4.77. The SMILES string of the molecule is Cc1c2c3c(cn(C)c3n1C)Oc1c(CC(C)C)c3ccccc3[n+](C)c1-2. The van der Waals surface area contributed by atoms with E-state index in [1.807, 2.05) is 0 Å². The molecule has 0 saturated carbocycles. The molecule has 138 valence electrons. The van der Waals surface area contributed by atoms with Crippen molar-refractivity contribution in [3.05, 3.63) is 41.7 Å². The molecule has 1 aliphatic rings. The number of nitrogens with zero attached hydrogens (tertiary/aromatic N) is 3. The maximum Gasteiger partial charge on any atom is 0.258 e. The molecule has 0 spiro atoms. The van der Waals surface area contributed by atoms with Crippen LogP contribution in [0.3, 0.4) is 0 Å². The summed E-state index contributed by atoms with van der Waals surface area (Å²) in [5.41, 5.74) is 7.57. The topological polar surface area (TPSA) is 23.0 Å². The van der Waals surface area contributed by atoms with E-state index in [0.717, 1.165) is 17.9 Å². The van der Waals surface area contributed by atoms with E-state index in [1.165, 1.54) is 44.5 Å². The van der Waals surface area contributed by atoms with Crippen molar-refractivity contribution >= 4 is 21.9 Å². The van der Waals surface area contributed by atoms with Crippen molar-refractivity contribution in [2.24, 2.45) is 27.1 Å². The van der Waals surface area contributed by atoms with Gasteiger partial charge in [0.05, 0.1) is 16.3 Å². The molecular formula is C23H26N3O+. The van der Waals surface area contributed by atoms with Gasteiger partial charge in [-0.25, -0.2) is 0 Å². The molecule has 0 bridgehead atoms. The van der Waals surface area contributed by atoms with Crippen molar-refractivity contribution in [1.29, 1.82) is 0 Å². The highest BCUT2D eigenvalue weighted by Gasteiger charge is 2.37. The molecule has 0 amide bonds. The quantitative estimate of drug-likeness (QED) is 0.416. The molecule has 3 aromatic heterocycles. The third kappa shape index (κ3) is 2.01. The number of hydrogen-bond donors (Lipinski definition) is 0. The third-order valence-electron chi connectivity index (χ3n) is 6.02. The van der Waals surface area contributed by atoms with Crippen LogP contribution in [0.2, 0.25) is 0 Å². The van der Waals surface area contributed by atoms with E-state index in [-0.39, 0.29) is 0 Å². The number of benzene rings is 1. The molecule has 1 aromatic carbocycles. The fourth-order valence-electron chi connectivity index (χ4n) is 4.77. The summed E-state index contributed by atoms with van der Waals surface area (Å²) in [7, 11) is 6.40. The van der Waals surface area contributed by atoms with Crippen LogP contribution >= 0.6 is 0 Å². The van der Waals surface area contributed by atoms with Gasteiger partial charge in [-0.15, -0.1) is 0 Å². The Hall–Kier alpha value is -2.75. The zero-order valence-corrected chi connectivity index (χ0v) is 16.9. The third-order valence-corrected chi connectivity index (χ3v) is 6.02. The average molecular weight is 360 g/mol. The zero-order chi connectivity index (χ0) is 19.0. The first-order chi connectivity index (χ1) is 12.9. The van der Waals surface area contributed by atoms with Crippen LogP contribution in [0.1, 0.15) is 25.1 Å². The van der Waals surface area contributed by atoms with E-state index >= 15 is 0 Å². The lowest BCUT2D eigenvalue weighted by Crippen LogP contribution is -2.34. The number of pyridine rings is 1. The van der Waals surface area contributed by atoms with Gasteiger partial charge >= 0.3 is 0 Å². The summed E-state index contributed by atoms with van der Waals surface area (Å²) in [6.07, 6.45) is 3.12. The fourth-order valence-corrected chi connectivity index (χ4v) is 4.77. The molecule has 0 saturated heterocycles.